The normalized spacial score (nSPS) is 10.8. The Balaban J connectivity index is 2.05. The molecule has 9 heteroatoms. The van der Waals surface area contributed by atoms with E-state index in [2.05, 4.69) is 10.6 Å². The molecule has 0 unspecified atom stereocenters. The van der Waals surface area contributed by atoms with E-state index in [-0.39, 0.29) is 25.6 Å². The fraction of sp³-hybridized carbons (Fsp3) is 0.333. The van der Waals surface area contributed by atoms with Crippen molar-refractivity contribution in [3.8, 4) is 0 Å². The fourth-order valence-electron chi connectivity index (χ4n) is 3.50. The van der Waals surface area contributed by atoms with Gasteiger partial charge in [-0.3, -0.25) is 14.4 Å². The van der Waals surface area contributed by atoms with E-state index < -0.39 is 17.8 Å². The molecule has 4 N–H and O–H groups in total. The maximum absolute atomic E-state index is 12.5. The molecule has 1 heterocycles. The lowest BCUT2D eigenvalue weighted by atomic mass is 10.1. The highest BCUT2D eigenvalue weighted by Crippen LogP contribution is 2.25. The summed E-state index contributed by atoms with van der Waals surface area (Å²) < 4.78 is 7.19. The molecule has 0 fully saturated rings. The van der Waals surface area contributed by atoms with E-state index >= 15 is 0 Å². The number of carbonyl (C=O) groups excluding carboxylic acids is 4. The molecule has 0 saturated heterocycles. The third-order valence-electron chi connectivity index (χ3n) is 5.13. The molecule has 0 aliphatic heterocycles. The molecule has 0 bridgehead atoms. The second-order valence-electron chi connectivity index (χ2n) is 7.32. The van der Waals surface area contributed by atoms with Crippen molar-refractivity contribution in [3.05, 3.63) is 64.0 Å². The number of nitrogens with one attached hydrogen (secondary N) is 2. The summed E-state index contributed by atoms with van der Waals surface area (Å²) in [5.74, 6) is -1.77. The summed E-state index contributed by atoms with van der Waals surface area (Å²) in [5.41, 5.74) is 8.99. The number of amides is 3. The molecule has 176 valence electrons. The summed E-state index contributed by atoms with van der Waals surface area (Å²) in [6, 6.07) is 6.60. The number of aromatic nitrogens is 1. The standard InChI is InChI=1S/C24H30N4O5/c1-5-28-15(3)19(22(16(28)4)24(32)33-6-2)11-12-21(30)26-13-17-7-9-18(10-8-17)23(31)27-14-20(25)29/h7-12H,5-6,13-14H2,1-4H3,(H2,25,29)(H,26,30)(H,27,31). The predicted octanol–water partition coefficient (Wildman–Crippen LogP) is 1.85. The van der Waals surface area contributed by atoms with E-state index in [4.69, 9.17) is 10.5 Å². The lowest BCUT2D eigenvalue weighted by Gasteiger charge is -2.06. The summed E-state index contributed by atoms with van der Waals surface area (Å²) in [6.45, 7) is 8.48. The topological polar surface area (TPSA) is 133 Å². The van der Waals surface area contributed by atoms with Crippen LogP contribution in [0.3, 0.4) is 0 Å². The Kier molecular flexibility index (Phi) is 8.97. The number of hydrogen-bond acceptors (Lipinski definition) is 5. The van der Waals surface area contributed by atoms with Crippen LogP contribution >= 0.6 is 0 Å². The quantitative estimate of drug-likeness (QED) is 0.372. The number of nitrogens with two attached hydrogens (primary N) is 1. The highest BCUT2D eigenvalue weighted by atomic mass is 16.5. The molecule has 2 rings (SSSR count). The lowest BCUT2D eigenvalue weighted by molar-refractivity contribution is -0.117. The average molecular weight is 455 g/mol. The van der Waals surface area contributed by atoms with Crippen LogP contribution in [0.1, 0.15) is 57.1 Å². The van der Waals surface area contributed by atoms with Gasteiger partial charge in [-0.05, 0) is 51.5 Å². The van der Waals surface area contributed by atoms with E-state index in [1.807, 2.05) is 25.3 Å². The van der Waals surface area contributed by atoms with Gasteiger partial charge in [-0.1, -0.05) is 12.1 Å². The predicted molar refractivity (Wildman–Crippen MR) is 124 cm³/mol. The van der Waals surface area contributed by atoms with Crippen molar-refractivity contribution >= 4 is 29.8 Å². The Morgan fingerprint density at radius 3 is 2.27 bits per heavy atom. The zero-order valence-corrected chi connectivity index (χ0v) is 19.4. The maximum atomic E-state index is 12.5. The molecule has 2 aromatic rings. The molecule has 1 aromatic carbocycles. The van der Waals surface area contributed by atoms with Crippen molar-refractivity contribution in [1.82, 2.24) is 15.2 Å². The van der Waals surface area contributed by atoms with Crippen molar-refractivity contribution < 1.29 is 23.9 Å². The minimum atomic E-state index is -0.623. The molecule has 9 nitrogen and oxygen atoms in total. The van der Waals surface area contributed by atoms with Gasteiger partial charge in [0.25, 0.3) is 5.91 Å². The number of esters is 1. The molecule has 0 aliphatic carbocycles. The molecule has 0 spiro atoms. The van der Waals surface area contributed by atoms with Crippen molar-refractivity contribution in [1.29, 1.82) is 0 Å². The fourth-order valence-corrected chi connectivity index (χ4v) is 3.50. The Morgan fingerprint density at radius 1 is 1.03 bits per heavy atom. The Morgan fingerprint density at radius 2 is 1.70 bits per heavy atom. The van der Waals surface area contributed by atoms with Gasteiger partial charge in [-0.25, -0.2) is 4.79 Å². The Bertz CT molecular complexity index is 1070. The number of rotatable bonds is 10. The van der Waals surface area contributed by atoms with Gasteiger partial charge in [0.1, 0.15) is 0 Å². The summed E-state index contributed by atoms with van der Waals surface area (Å²) in [5, 5.41) is 5.18. The number of carbonyl (C=O) groups is 4. The van der Waals surface area contributed by atoms with Crippen LogP contribution in [0, 0.1) is 13.8 Å². The first-order valence-corrected chi connectivity index (χ1v) is 10.7. The van der Waals surface area contributed by atoms with Gasteiger partial charge in [0.05, 0.1) is 18.7 Å². The van der Waals surface area contributed by atoms with Crippen LogP contribution in [-0.2, 0) is 27.4 Å². The number of hydrogen-bond donors (Lipinski definition) is 3. The first kappa shape index (κ1) is 25.4. The Labute approximate surface area is 193 Å². The van der Waals surface area contributed by atoms with Crippen LogP contribution in [0.2, 0.25) is 0 Å². The van der Waals surface area contributed by atoms with Crippen molar-refractivity contribution in [3.63, 3.8) is 0 Å². The zero-order chi connectivity index (χ0) is 24.5. The van der Waals surface area contributed by atoms with Crippen LogP contribution in [0.25, 0.3) is 6.08 Å². The summed E-state index contributed by atoms with van der Waals surface area (Å²) in [7, 11) is 0. The molecule has 33 heavy (non-hydrogen) atoms. The minimum Gasteiger partial charge on any atom is -0.462 e. The van der Waals surface area contributed by atoms with Gasteiger partial charge >= 0.3 is 5.97 Å². The molecule has 0 radical (unpaired) electrons. The van der Waals surface area contributed by atoms with Crippen molar-refractivity contribution in [2.75, 3.05) is 13.2 Å². The van der Waals surface area contributed by atoms with Gasteiger partial charge < -0.3 is 25.7 Å². The maximum Gasteiger partial charge on any atom is 0.340 e. The van der Waals surface area contributed by atoms with E-state index in [1.165, 1.54) is 6.08 Å². The molecule has 1 aromatic heterocycles. The van der Waals surface area contributed by atoms with Crippen LogP contribution < -0.4 is 16.4 Å². The van der Waals surface area contributed by atoms with E-state index in [0.29, 0.717) is 23.2 Å². The van der Waals surface area contributed by atoms with Gasteiger partial charge in [0.2, 0.25) is 11.8 Å². The first-order valence-electron chi connectivity index (χ1n) is 10.7. The number of primary amides is 1. The van der Waals surface area contributed by atoms with Gasteiger partial charge in [0, 0.05) is 41.7 Å². The number of ether oxygens (including phenoxy) is 1. The van der Waals surface area contributed by atoms with E-state index in [0.717, 1.165) is 17.0 Å². The van der Waals surface area contributed by atoms with Crippen LogP contribution in [-0.4, -0.2) is 41.4 Å². The summed E-state index contributed by atoms with van der Waals surface area (Å²) in [6.07, 6.45) is 3.01. The highest BCUT2D eigenvalue weighted by Gasteiger charge is 2.22. The van der Waals surface area contributed by atoms with Crippen LogP contribution in [0.15, 0.2) is 30.3 Å². The average Bonchev–Trinajstić information content (AvgIpc) is 3.03. The summed E-state index contributed by atoms with van der Waals surface area (Å²) in [4.78, 5) is 47.5. The molecular formula is C24H30N4O5. The molecule has 0 aliphatic rings. The first-order chi connectivity index (χ1) is 15.7. The molecule has 0 saturated carbocycles. The largest absolute Gasteiger partial charge is 0.462 e. The molecule has 3 amide bonds. The van der Waals surface area contributed by atoms with Gasteiger partial charge in [0.15, 0.2) is 0 Å². The van der Waals surface area contributed by atoms with Crippen molar-refractivity contribution in [2.24, 2.45) is 5.73 Å². The van der Waals surface area contributed by atoms with Gasteiger partial charge in [-0.15, -0.1) is 0 Å². The number of benzene rings is 1. The number of nitrogens with zero attached hydrogens (tertiary/aromatic N) is 1. The molecular weight excluding hydrogens is 424 g/mol. The third-order valence-corrected chi connectivity index (χ3v) is 5.13. The smallest absolute Gasteiger partial charge is 0.340 e. The SMILES string of the molecule is CCOC(=O)c1c(C=CC(=O)NCc2ccc(C(=O)NCC(N)=O)cc2)c(C)n(CC)c1C. The van der Waals surface area contributed by atoms with E-state index in [9.17, 15) is 19.2 Å². The van der Waals surface area contributed by atoms with E-state index in [1.54, 1.807) is 37.3 Å². The highest BCUT2D eigenvalue weighted by molar-refractivity contribution is 5.99. The third kappa shape index (κ3) is 6.55. The van der Waals surface area contributed by atoms with Crippen LogP contribution in [0.4, 0.5) is 0 Å². The van der Waals surface area contributed by atoms with Crippen LogP contribution in [0.5, 0.6) is 0 Å². The lowest BCUT2D eigenvalue weighted by Crippen LogP contribution is -2.33. The second kappa shape index (κ2) is 11.7. The second-order valence-corrected chi connectivity index (χ2v) is 7.32. The Hall–Kier alpha value is -3.88. The van der Waals surface area contributed by atoms with Crippen molar-refractivity contribution in [2.45, 2.75) is 40.8 Å². The monoisotopic (exact) mass is 454 g/mol. The minimum absolute atomic E-state index is 0.235. The molecule has 0 atom stereocenters. The summed E-state index contributed by atoms with van der Waals surface area (Å²) >= 11 is 0. The zero-order valence-electron chi connectivity index (χ0n) is 19.4. The van der Waals surface area contributed by atoms with Gasteiger partial charge in [-0.2, -0.15) is 0 Å².